The minimum atomic E-state index is 0.536. The number of nitrogens with zero attached hydrogens (tertiary/aromatic N) is 7. The lowest BCUT2D eigenvalue weighted by Crippen LogP contribution is -2.46. The second-order valence-corrected chi connectivity index (χ2v) is 6.28. The zero-order chi connectivity index (χ0) is 14.9. The topological polar surface area (TPSA) is 63.0 Å². The van der Waals surface area contributed by atoms with Gasteiger partial charge in [0.05, 0.1) is 6.54 Å². The summed E-state index contributed by atoms with van der Waals surface area (Å²) in [5.41, 5.74) is 0. The third-order valence-electron chi connectivity index (χ3n) is 5.07. The molecule has 0 aromatic carbocycles. The van der Waals surface area contributed by atoms with E-state index in [1.165, 1.54) is 12.8 Å². The first-order valence-corrected chi connectivity index (χ1v) is 7.87. The maximum Gasteiger partial charge on any atom is 0.225 e. The van der Waals surface area contributed by atoms with Crippen molar-refractivity contribution in [3.63, 3.8) is 0 Å². The van der Waals surface area contributed by atoms with Gasteiger partial charge in [-0.3, -0.25) is 9.58 Å². The van der Waals surface area contributed by atoms with Crippen LogP contribution >= 0.6 is 0 Å². The quantitative estimate of drug-likeness (QED) is 0.830. The highest BCUT2D eigenvalue weighted by atomic mass is 15.3. The largest absolute Gasteiger partial charge is 0.340 e. The summed E-state index contributed by atoms with van der Waals surface area (Å²) in [6, 6.07) is 3.06. The average molecular weight is 299 g/mol. The zero-order valence-electron chi connectivity index (χ0n) is 12.8. The molecule has 22 heavy (non-hydrogen) atoms. The van der Waals surface area contributed by atoms with Crippen molar-refractivity contribution >= 4 is 5.95 Å². The van der Waals surface area contributed by atoms with Crippen molar-refractivity contribution in [2.75, 3.05) is 25.0 Å². The highest BCUT2D eigenvalue weighted by Crippen LogP contribution is 2.35. The SMILES string of the molecule is CN1[C@@H](Cn2cncn2)C[C@H]2CN(c3ncccn3)CC[C@H]21. The number of hydrogen-bond donors (Lipinski definition) is 0. The second kappa shape index (κ2) is 5.64. The number of aromatic nitrogens is 5. The Balaban J connectivity index is 1.45. The molecule has 4 heterocycles. The summed E-state index contributed by atoms with van der Waals surface area (Å²) in [4.78, 5) is 17.7. The maximum absolute atomic E-state index is 4.39. The Morgan fingerprint density at radius 2 is 2.14 bits per heavy atom. The number of likely N-dealkylation sites (tertiary alicyclic amines) is 1. The van der Waals surface area contributed by atoms with E-state index in [0.717, 1.165) is 25.6 Å². The lowest BCUT2D eigenvalue weighted by molar-refractivity contribution is 0.188. The molecule has 2 aliphatic rings. The van der Waals surface area contributed by atoms with E-state index in [2.05, 4.69) is 36.9 Å². The van der Waals surface area contributed by atoms with Gasteiger partial charge in [-0.25, -0.2) is 15.0 Å². The number of likely N-dealkylation sites (N-methyl/N-ethyl adjacent to an activating group) is 1. The van der Waals surface area contributed by atoms with Gasteiger partial charge in [0.2, 0.25) is 5.95 Å². The van der Waals surface area contributed by atoms with Crippen LogP contribution in [0.4, 0.5) is 5.95 Å². The lowest BCUT2D eigenvalue weighted by atomic mass is 9.92. The second-order valence-electron chi connectivity index (χ2n) is 6.28. The molecule has 2 saturated heterocycles. The van der Waals surface area contributed by atoms with Gasteiger partial charge in [-0.1, -0.05) is 0 Å². The third kappa shape index (κ3) is 2.45. The zero-order valence-corrected chi connectivity index (χ0v) is 12.8. The Hall–Kier alpha value is -2.02. The predicted molar refractivity (Wildman–Crippen MR) is 82.3 cm³/mol. The summed E-state index contributed by atoms with van der Waals surface area (Å²) in [5, 5.41) is 4.24. The molecule has 2 aromatic heterocycles. The Morgan fingerprint density at radius 3 is 2.91 bits per heavy atom. The molecule has 0 amide bonds. The Labute approximate surface area is 130 Å². The van der Waals surface area contributed by atoms with Crippen LogP contribution in [0.25, 0.3) is 0 Å². The van der Waals surface area contributed by atoms with Crippen LogP contribution in [0.5, 0.6) is 0 Å². The minimum absolute atomic E-state index is 0.536. The molecule has 2 aliphatic heterocycles. The van der Waals surface area contributed by atoms with Crippen molar-refractivity contribution < 1.29 is 0 Å². The summed E-state index contributed by atoms with van der Waals surface area (Å²) >= 11 is 0. The first kappa shape index (κ1) is 13.6. The molecular formula is C15H21N7. The van der Waals surface area contributed by atoms with Crippen LogP contribution in [-0.4, -0.2) is 61.9 Å². The molecule has 7 nitrogen and oxygen atoms in total. The minimum Gasteiger partial charge on any atom is -0.340 e. The van der Waals surface area contributed by atoms with Gasteiger partial charge < -0.3 is 4.90 Å². The molecule has 2 aromatic rings. The van der Waals surface area contributed by atoms with Gasteiger partial charge in [0.1, 0.15) is 12.7 Å². The molecular weight excluding hydrogens is 278 g/mol. The standard InChI is InChI=1S/C15H21N7/c1-20-13(9-22-11-16-10-19-22)7-12-8-21(6-3-14(12)20)15-17-4-2-5-18-15/h2,4-5,10-14H,3,6-9H2,1H3/t12-,13+,14+/m0/s1. The van der Waals surface area contributed by atoms with Crippen molar-refractivity contribution in [3.8, 4) is 0 Å². The molecule has 0 bridgehead atoms. The Bertz CT molecular complexity index is 600. The Kier molecular flexibility index (Phi) is 3.49. The van der Waals surface area contributed by atoms with Gasteiger partial charge in [-0.15, -0.1) is 0 Å². The van der Waals surface area contributed by atoms with Crippen molar-refractivity contribution in [2.24, 2.45) is 5.92 Å². The van der Waals surface area contributed by atoms with Crippen molar-refractivity contribution in [1.29, 1.82) is 0 Å². The van der Waals surface area contributed by atoms with Crippen molar-refractivity contribution in [2.45, 2.75) is 31.5 Å². The number of hydrogen-bond acceptors (Lipinski definition) is 6. The van der Waals surface area contributed by atoms with Crippen LogP contribution in [0.3, 0.4) is 0 Å². The molecule has 4 rings (SSSR count). The van der Waals surface area contributed by atoms with E-state index in [9.17, 15) is 0 Å². The first-order chi connectivity index (χ1) is 10.8. The van der Waals surface area contributed by atoms with Crippen LogP contribution in [0.2, 0.25) is 0 Å². The summed E-state index contributed by atoms with van der Waals surface area (Å²) in [6.45, 7) is 3.00. The third-order valence-corrected chi connectivity index (χ3v) is 5.07. The van der Waals surface area contributed by atoms with Crippen LogP contribution in [0.1, 0.15) is 12.8 Å². The average Bonchev–Trinajstić information content (AvgIpc) is 3.17. The fourth-order valence-corrected chi connectivity index (χ4v) is 3.96. The van der Waals surface area contributed by atoms with E-state index in [0.29, 0.717) is 18.0 Å². The molecule has 7 heteroatoms. The summed E-state index contributed by atoms with van der Waals surface area (Å²) in [7, 11) is 2.25. The van der Waals surface area contributed by atoms with Crippen LogP contribution in [0, 0.1) is 5.92 Å². The van der Waals surface area contributed by atoms with Crippen molar-refractivity contribution in [1.82, 2.24) is 29.6 Å². The normalized spacial score (nSPS) is 28.8. The van der Waals surface area contributed by atoms with E-state index in [1.807, 2.05) is 23.1 Å². The fraction of sp³-hybridized carbons (Fsp3) is 0.600. The van der Waals surface area contributed by atoms with Gasteiger partial charge >= 0.3 is 0 Å². The van der Waals surface area contributed by atoms with Crippen LogP contribution in [0.15, 0.2) is 31.1 Å². The Morgan fingerprint density at radius 1 is 1.27 bits per heavy atom. The van der Waals surface area contributed by atoms with E-state index in [1.54, 1.807) is 12.7 Å². The van der Waals surface area contributed by atoms with Gasteiger partial charge in [0.15, 0.2) is 0 Å². The molecule has 0 radical (unpaired) electrons. The number of anilines is 1. The van der Waals surface area contributed by atoms with Crippen LogP contribution < -0.4 is 4.90 Å². The molecule has 116 valence electrons. The summed E-state index contributed by atoms with van der Waals surface area (Å²) in [6.07, 6.45) is 9.43. The molecule has 3 atom stereocenters. The molecule has 0 saturated carbocycles. The lowest BCUT2D eigenvalue weighted by Gasteiger charge is -2.37. The van der Waals surface area contributed by atoms with E-state index >= 15 is 0 Å². The van der Waals surface area contributed by atoms with Crippen LogP contribution in [-0.2, 0) is 6.54 Å². The van der Waals surface area contributed by atoms with Gasteiger partial charge in [-0.2, -0.15) is 5.10 Å². The van der Waals surface area contributed by atoms with E-state index in [-0.39, 0.29) is 0 Å². The molecule has 0 unspecified atom stereocenters. The monoisotopic (exact) mass is 299 g/mol. The molecule has 0 aliphatic carbocycles. The summed E-state index contributed by atoms with van der Waals surface area (Å²) < 4.78 is 1.94. The predicted octanol–water partition coefficient (Wildman–Crippen LogP) is 0.667. The maximum atomic E-state index is 4.39. The van der Waals surface area contributed by atoms with Crippen molar-refractivity contribution in [3.05, 3.63) is 31.1 Å². The molecule has 0 spiro atoms. The van der Waals surface area contributed by atoms with Gasteiger partial charge in [0.25, 0.3) is 0 Å². The molecule has 2 fully saturated rings. The summed E-state index contributed by atoms with van der Waals surface area (Å²) in [5.74, 6) is 1.54. The molecule has 0 N–H and O–H groups in total. The fourth-order valence-electron chi connectivity index (χ4n) is 3.96. The highest BCUT2D eigenvalue weighted by Gasteiger charge is 2.42. The van der Waals surface area contributed by atoms with Gasteiger partial charge in [-0.05, 0) is 31.9 Å². The highest BCUT2D eigenvalue weighted by molar-refractivity contribution is 5.30. The number of fused-ring (bicyclic) bond motifs is 1. The number of piperidine rings is 1. The first-order valence-electron chi connectivity index (χ1n) is 7.87. The van der Waals surface area contributed by atoms with Gasteiger partial charge in [0, 0.05) is 37.6 Å². The number of rotatable bonds is 3. The van der Waals surface area contributed by atoms with E-state index in [4.69, 9.17) is 0 Å². The smallest absolute Gasteiger partial charge is 0.225 e. The van der Waals surface area contributed by atoms with E-state index < -0.39 is 0 Å².